The minimum atomic E-state index is -0.315. The zero-order chi connectivity index (χ0) is 16.7. The van der Waals surface area contributed by atoms with Gasteiger partial charge in [0.1, 0.15) is 5.75 Å². The number of rotatable bonds is 3. The molecule has 122 valence electrons. The highest BCUT2D eigenvalue weighted by atomic mass is 16.6. The van der Waals surface area contributed by atoms with Gasteiger partial charge in [0.15, 0.2) is 0 Å². The Bertz CT molecular complexity index is 820. The molecule has 1 aromatic heterocycles. The predicted octanol–water partition coefficient (Wildman–Crippen LogP) is 3.82. The summed E-state index contributed by atoms with van der Waals surface area (Å²) in [5.41, 5.74) is 2.50. The van der Waals surface area contributed by atoms with Gasteiger partial charge in [0.2, 0.25) is 0 Å². The molecule has 0 spiro atoms. The van der Waals surface area contributed by atoms with E-state index in [-0.39, 0.29) is 28.5 Å². The first kappa shape index (κ1) is 14.7. The molecular formula is C18H17N3O3. The first-order valence-electron chi connectivity index (χ1n) is 7.90. The number of nitro benzene ring substituents is 1. The van der Waals surface area contributed by atoms with Crippen molar-refractivity contribution >= 4 is 11.4 Å². The molecule has 0 amide bonds. The van der Waals surface area contributed by atoms with Gasteiger partial charge in [-0.1, -0.05) is 18.2 Å². The number of allylic oxidation sites excluding steroid dienone is 2. The number of anilines is 1. The van der Waals surface area contributed by atoms with E-state index in [4.69, 9.17) is 4.74 Å². The van der Waals surface area contributed by atoms with Gasteiger partial charge in [0.05, 0.1) is 35.0 Å². The number of pyridine rings is 1. The van der Waals surface area contributed by atoms with Crippen molar-refractivity contribution in [1.29, 1.82) is 0 Å². The lowest BCUT2D eigenvalue weighted by atomic mass is 9.77. The summed E-state index contributed by atoms with van der Waals surface area (Å²) in [6.07, 6.45) is 6.82. The van der Waals surface area contributed by atoms with Crippen molar-refractivity contribution in [2.45, 2.75) is 18.4 Å². The summed E-state index contributed by atoms with van der Waals surface area (Å²) in [6, 6.07) is 9.01. The maximum atomic E-state index is 11.5. The van der Waals surface area contributed by atoms with E-state index in [1.165, 1.54) is 6.07 Å². The minimum Gasteiger partial charge on any atom is -0.495 e. The number of nitrogens with one attached hydrogen (secondary N) is 1. The third-order valence-corrected chi connectivity index (χ3v) is 4.88. The number of nitrogens with zero attached hydrogens (tertiary/aromatic N) is 2. The summed E-state index contributed by atoms with van der Waals surface area (Å²) in [4.78, 5) is 15.7. The van der Waals surface area contributed by atoms with Crippen LogP contribution in [0.1, 0.15) is 29.6 Å². The Morgan fingerprint density at radius 2 is 2.21 bits per heavy atom. The number of nitro groups is 1. The molecule has 1 aromatic carbocycles. The topological polar surface area (TPSA) is 77.3 Å². The maximum absolute atomic E-state index is 11.5. The van der Waals surface area contributed by atoms with Gasteiger partial charge in [-0.25, -0.2) is 0 Å². The number of hydrogen-bond acceptors (Lipinski definition) is 5. The van der Waals surface area contributed by atoms with Gasteiger partial charge < -0.3 is 10.1 Å². The van der Waals surface area contributed by atoms with E-state index < -0.39 is 0 Å². The minimum absolute atomic E-state index is 0.00500. The largest absolute Gasteiger partial charge is 0.495 e. The summed E-state index contributed by atoms with van der Waals surface area (Å²) >= 11 is 0. The Labute approximate surface area is 139 Å². The Hall–Kier alpha value is -2.89. The van der Waals surface area contributed by atoms with Crippen molar-refractivity contribution in [2.75, 3.05) is 12.4 Å². The second-order valence-electron chi connectivity index (χ2n) is 6.06. The van der Waals surface area contributed by atoms with Crippen molar-refractivity contribution in [3.05, 3.63) is 70.1 Å². The van der Waals surface area contributed by atoms with Gasteiger partial charge in [-0.3, -0.25) is 15.1 Å². The number of ether oxygens (including phenoxy) is 1. The number of hydrogen-bond donors (Lipinski definition) is 1. The van der Waals surface area contributed by atoms with E-state index in [0.29, 0.717) is 17.0 Å². The zero-order valence-corrected chi connectivity index (χ0v) is 13.2. The summed E-state index contributed by atoms with van der Waals surface area (Å²) < 4.78 is 5.45. The fourth-order valence-electron chi connectivity index (χ4n) is 3.85. The number of fused-ring (bicyclic) bond motifs is 3. The second kappa shape index (κ2) is 5.63. The fourth-order valence-corrected chi connectivity index (χ4v) is 3.85. The average Bonchev–Trinajstić information content (AvgIpc) is 3.10. The van der Waals surface area contributed by atoms with Crippen molar-refractivity contribution < 1.29 is 9.66 Å². The highest BCUT2D eigenvalue weighted by Gasteiger charge is 2.43. The van der Waals surface area contributed by atoms with E-state index in [0.717, 1.165) is 12.1 Å². The van der Waals surface area contributed by atoms with Crippen LogP contribution >= 0.6 is 0 Å². The molecule has 3 atom stereocenters. The molecule has 0 unspecified atom stereocenters. The molecule has 0 saturated carbocycles. The predicted molar refractivity (Wildman–Crippen MR) is 90.2 cm³/mol. The average molecular weight is 323 g/mol. The molecule has 6 nitrogen and oxygen atoms in total. The molecule has 1 aliphatic heterocycles. The maximum Gasteiger partial charge on any atom is 0.275 e. The van der Waals surface area contributed by atoms with Crippen molar-refractivity contribution in [1.82, 2.24) is 4.98 Å². The Morgan fingerprint density at radius 1 is 1.33 bits per heavy atom. The second-order valence-corrected chi connectivity index (χ2v) is 6.06. The lowest BCUT2D eigenvalue weighted by Crippen LogP contribution is -2.30. The molecule has 0 radical (unpaired) electrons. The first-order valence-corrected chi connectivity index (χ1v) is 7.90. The van der Waals surface area contributed by atoms with Crippen LogP contribution in [0.3, 0.4) is 0 Å². The fraction of sp³-hybridized carbons (Fsp3) is 0.278. The standard InChI is InChI=1S/C18H17N3O3/c1-24-15-9-8-14(21(22)23)16-11-5-4-6-12(11)17(20-18(15)16)13-7-2-3-10-19-13/h2-5,7-12,17,20H,6H2,1H3/t11-,12-,17+/m0/s1. The van der Waals surface area contributed by atoms with Crippen LogP contribution in [-0.2, 0) is 0 Å². The molecule has 4 rings (SSSR count). The molecule has 2 heterocycles. The van der Waals surface area contributed by atoms with Crippen molar-refractivity contribution in [2.24, 2.45) is 5.92 Å². The first-order chi connectivity index (χ1) is 11.7. The van der Waals surface area contributed by atoms with Gasteiger partial charge in [-0.05, 0) is 30.5 Å². The lowest BCUT2D eigenvalue weighted by Gasteiger charge is -2.37. The van der Waals surface area contributed by atoms with Gasteiger partial charge in [-0.2, -0.15) is 0 Å². The van der Waals surface area contributed by atoms with Crippen LogP contribution in [0.5, 0.6) is 5.75 Å². The van der Waals surface area contributed by atoms with E-state index in [9.17, 15) is 10.1 Å². The quantitative estimate of drug-likeness (QED) is 0.528. The monoisotopic (exact) mass is 323 g/mol. The smallest absolute Gasteiger partial charge is 0.275 e. The van der Waals surface area contributed by atoms with Crippen LogP contribution in [0, 0.1) is 16.0 Å². The number of aromatic nitrogens is 1. The summed E-state index contributed by atoms with van der Waals surface area (Å²) in [5, 5.41) is 15.0. The Morgan fingerprint density at radius 3 is 2.92 bits per heavy atom. The van der Waals surface area contributed by atoms with Gasteiger partial charge in [-0.15, -0.1) is 0 Å². The normalized spacial score (nSPS) is 24.0. The molecule has 1 N–H and O–H groups in total. The summed E-state index contributed by atoms with van der Waals surface area (Å²) in [6.45, 7) is 0. The van der Waals surface area contributed by atoms with Crippen LogP contribution in [0.2, 0.25) is 0 Å². The third kappa shape index (κ3) is 2.14. The van der Waals surface area contributed by atoms with Gasteiger partial charge in [0, 0.05) is 18.2 Å². The van der Waals surface area contributed by atoms with E-state index in [1.54, 1.807) is 19.4 Å². The molecular weight excluding hydrogens is 306 g/mol. The van der Waals surface area contributed by atoms with Crippen molar-refractivity contribution in [3.8, 4) is 5.75 Å². The Kier molecular flexibility index (Phi) is 3.45. The highest BCUT2D eigenvalue weighted by molar-refractivity contribution is 5.73. The lowest BCUT2D eigenvalue weighted by molar-refractivity contribution is -0.385. The molecule has 0 bridgehead atoms. The molecule has 1 aliphatic carbocycles. The van der Waals surface area contributed by atoms with Crippen LogP contribution in [0.25, 0.3) is 0 Å². The van der Waals surface area contributed by atoms with Crippen LogP contribution in [0.4, 0.5) is 11.4 Å². The van der Waals surface area contributed by atoms with Crippen LogP contribution < -0.4 is 10.1 Å². The molecule has 0 fully saturated rings. The third-order valence-electron chi connectivity index (χ3n) is 4.88. The SMILES string of the molecule is COc1ccc([N+](=O)[O-])c2c1N[C@@H](c1ccccn1)[C@H]1CC=C[C@H]21. The van der Waals surface area contributed by atoms with E-state index >= 15 is 0 Å². The van der Waals surface area contributed by atoms with Crippen LogP contribution in [0.15, 0.2) is 48.7 Å². The highest BCUT2D eigenvalue weighted by Crippen LogP contribution is 2.54. The Balaban J connectivity index is 1.90. The molecule has 0 saturated heterocycles. The summed E-state index contributed by atoms with van der Waals surface area (Å²) in [5.74, 6) is 0.817. The molecule has 2 aliphatic rings. The van der Waals surface area contributed by atoms with Gasteiger partial charge in [0.25, 0.3) is 5.69 Å². The molecule has 2 aromatic rings. The number of benzene rings is 1. The van der Waals surface area contributed by atoms with E-state index in [1.807, 2.05) is 18.2 Å². The van der Waals surface area contributed by atoms with Crippen molar-refractivity contribution in [3.63, 3.8) is 0 Å². The molecule has 6 heteroatoms. The number of methoxy groups -OCH3 is 1. The van der Waals surface area contributed by atoms with Gasteiger partial charge >= 0.3 is 0 Å². The van der Waals surface area contributed by atoms with E-state index in [2.05, 4.69) is 22.5 Å². The van der Waals surface area contributed by atoms with Crippen LogP contribution in [-0.4, -0.2) is 17.0 Å². The molecule has 24 heavy (non-hydrogen) atoms. The summed E-state index contributed by atoms with van der Waals surface area (Å²) in [7, 11) is 1.58. The zero-order valence-electron chi connectivity index (χ0n) is 13.2.